The second-order valence-corrected chi connectivity index (χ2v) is 41.7. The van der Waals surface area contributed by atoms with Crippen LogP contribution in [0.4, 0.5) is 0 Å². The van der Waals surface area contributed by atoms with E-state index in [-0.39, 0.29) is 31.9 Å². The minimum Gasteiger partial charge on any atom is 0 e. The van der Waals surface area contributed by atoms with Gasteiger partial charge in [-0.1, -0.05) is 53.9 Å². The monoisotopic (exact) mass is 1200 g/mol. The molecular weight excluding hydrogens is 1130 g/mol. The van der Waals surface area contributed by atoms with Crippen LogP contribution >= 0.6 is 0 Å². The van der Waals surface area contributed by atoms with E-state index in [0.717, 1.165) is 61.2 Å². The van der Waals surface area contributed by atoms with Crippen LogP contribution in [-0.4, -0.2) is 41.1 Å². The van der Waals surface area contributed by atoms with E-state index in [9.17, 15) is 0 Å². The molecule has 7 heteroatoms. The van der Waals surface area contributed by atoms with Crippen molar-refractivity contribution in [3.8, 4) is 50.6 Å². The number of hydrogen-bond donors (Lipinski definition) is 0. The summed E-state index contributed by atoms with van der Waals surface area (Å²) in [6.07, 6.45) is 1.83. The summed E-state index contributed by atoms with van der Waals surface area (Å²) in [7, 11) is 0. The Morgan fingerprint density at radius 1 is 0.618 bits per heavy atom. The molecule has 0 bridgehead atoms. The number of benzene rings is 7. The fraction of sp³-hybridized carbons (Fsp3) is 0.213. The second kappa shape index (κ2) is 20.0. The van der Waals surface area contributed by atoms with Crippen LogP contribution in [-0.2, 0) is 20.1 Å². The van der Waals surface area contributed by atoms with Gasteiger partial charge < -0.3 is 4.42 Å². The molecule has 0 saturated heterocycles. The molecule has 345 valence electrons. The average Bonchev–Trinajstić information content (AvgIpc) is 3.92. The van der Waals surface area contributed by atoms with E-state index in [1.807, 2.05) is 18.3 Å². The summed E-state index contributed by atoms with van der Waals surface area (Å²) in [6, 6.07) is 59.6. The van der Waals surface area contributed by atoms with Gasteiger partial charge in [-0.3, -0.25) is 0 Å². The van der Waals surface area contributed by atoms with Gasteiger partial charge in [-0.05, 0) is 17.2 Å². The molecule has 0 fully saturated rings. The van der Waals surface area contributed by atoms with Gasteiger partial charge in [0.1, 0.15) is 5.58 Å². The number of aryl methyl sites for hydroxylation is 1. The number of nitrogens with zero attached hydrogens (tertiary/aromatic N) is 3. The summed E-state index contributed by atoms with van der Waals surface area (Å²) in [4.78, 5) is 9.71. The predicted octanol–water partition coefficient (Wildman–Crippen LogP) is 15.9. The molecule has 0 unspecified atom stereocenters. The third kappa shape index (κ3) is 10.1. The number of hydrogen-bond acceptors (Lipinski definition) is 3. The normalized spacial score (nSPS) is 12.7. The Kier molecular flexibility index (Phi) is 13.3. The molecule has 0 aliphatic carbocycles. The average molecular weight is 1190 g/mol. The molecule has 0 amide bonds. The molecule has 0 aliphatic heterocycles. The van der Waals surface area contributed by atoms with Crippen molar-refractivity contribution < 1.29 is 28.6 Å². The maximum absolute atomic E-state index is 7.37. The summed E-state index contributed by atoms with van der Waals surface area (Å²) in [5.41, 5.74) is 15.2. The number of furan rings is 1. The molecule has 3 aromatic heterocycles. The minimum absolute atomic E-state index is 0. The first-order chi connectivity index (χ1) is 33.3. The molecule has 0 atom stereocenters. The van der Waals surface area contributed by atoms with E-state index in [2.05, 4.69) is 205 Å². The summed E-state index contributed by atoms with van der Waals surface area (Å²) >= 11 is -3.81. The van der Waals surface area contributed by atoms with Gasteiger partial charge in [0.05, 0.1) is 0 Å². The molecule has 10 aromatic rings. The number of rotatable bonds is 9. The van der Waals surface area contributed by atoms with E-state index in [1.54, 1.807) is 12.1 Å². The Morgan fingerprint density at radius 2 is 1.28 bits per heavy atom. The first-order valence-corrected chi connectivity index (χ1v) is 38.1. The van der Waals surface area contributed by atoms with E-state index in [4.69, 9.17) is 13.5 Å². The molecule has 7 aromatic carbocycles. The number of imidazole rings is 1. The maximum Gasteiger partial charge on any atom is 0 e. The number of para-hydroxylation sites is 2. The molecule has 0 aliphatic rings. The van der Waals surface area contributed by atoms with E-state index in [0.29, 0.717) is 5.56 Å². The van der Waals surface area contributed by atoms with Gasteiger partial charge in [-0.2, -0.15) is 0 Å². The van der Waals surface area contributed by atoms with Crippen LogP contribution in [0.2, 0.25) is 34.5 Å². The Hall–Kier alpha value is -5.30. The number of pyridine rings is 1. The molecule has 0 N–H and O–H groups in total. The Bertz CT molecular complexity index is 3460. The van der Waals surface area contributed by atoms with Crippen molar-refractivity contribution in [3.05, 3.63) is 187 Å². The standard InChI is InChI=1S/C46H43GeN2O.C15H18GeN.Ir/c1-29(2)39-26-34(32-20-23-35(24-21-32)47(5,6)7)27-40(30(3)4)44(39)49-42-19-12-11-18-41(42)48-46(49)38-17-13-16-37-36-25-22-33(28-43(36)50-45(37)38)31-14-9-8-10-15-31;1-12-5-7-13(8-6-12)15-11-14(9-10-17-15)16(2,3)4;/h8-16,18-30H,1-7H3;5-7,9-11H,1-4H3;/q2*-1;/i;1D3;. The predicted molar refractivity (Wildman–Crippen MR) is 291 cm³/mol. The van der Waals surface area contributed by atoms with Crippen molar-refractivity contribution in [1.82, 2.24) is 14.5 Å². The second-order valence-electron chi connectivity index (χ2n) is 20.3. The summed E-state index contributed by atoms with van der Waals surface area (Å²) in [5, 5.41) is 2.16. The van der Waals surface area contributed by atoms with Gasteiger partial charge in [-0.15, -0.1) is 12.1 Å². The topological polar surface area (TPSA) is 43.9 Å². The van der Waals surface area contributed by atoms with Crippen molar-refractivity contribution >= 4 is 68.3 Å². The molecule has 0 spiro atoms. The van der Waals surface area contributed by atoms with Crippen LogP contribution in [0.15, 0.2) is 162 Å². The summed E-state index contributed by atoms with van der Waals surface area (Å²) < 4.78 is 34.2. The number of fused-ring (bicyclic) bond motifs is 4. The first-order valence-electron chi connectivity index (χ1n) is 24.9. The zero-order chi connectivity index (χ0) is 49.7. The van der Waals surface area contributed by atoms with Crippen molar-refractivity contribution in [3.63, 3.8) is 0 Å². The van der Waals surface area contributed by atoms with Crippen molar-refractivity contribution in [2.24, 2.45) is 0 Å². The van der Waals surface area contributed by atoms with Gasteiger partial charge in [-0.25, -0.2) is 0 Å². The van der Waals surface area contributed by atoms with Gasteiger partial charge in [0.2, 0.25) is 0 Å². The van der Waals surface area contributed by atoms with Crippen LogP contribution in [0.25, 0.3) is 83.6 Å². The SMILES string of the molecule is CC(C)c1cc(-c2cc[c]([Ge]([CH3])([CH3])[CH3])cc2)cc(C(C)C)c1-n1c(-c2[c-]ccc3c2oc2cc(-c4ccccc4)ccc23)nc2ccccc21.[2H]C([2H])([2H])c1c[c-]c(-c2c[c]([Ge]([CH3])([CH3])[CH3])ccn2)cc1.[Ir]. The van der Waals surface area contributed by atoms with Crippen LogP contribution in [0.1, 0.15) is 60.3 Å². The first kappa shape index (κ1) is 45.2. The van der Waals surface area contributed by atoms with Gasteiger partial charge in [0.25, 0.3) is 0 Å². The Labute approximate surface area is 426 Å². The molecule has 1 radical (unpaired) electrons. The molecular formula is C61H61Ge2IrN3O-2. The van der Waals surface area contributed by atoms with Gasteiger partial charge in [0, 0.05) is 25.5 Å². The van der Waals surface area contributed by atoms with Gasteiger partial charge in [0.15, 0.2) is 0 Å². The van der Waals surface area contributed by atoms with Crippen LogP contribution < -0.4 is 8.79 Å². The summed E-state index contributed by atoms with van der Waals surface area (Å²) in [6.45, 7) is 7.14. The molecule has 68 heavy (non-hydrogen) atoms. The van der Waals surface area contributed by atoms with Crippen molar-refractivity contribution in [2.75, 3.05) is 0 Å². The third-order valence-electron chi connectivity index (χ3n) is 12.8. The largest absolute Gasteiger partial charge is 0 e. The smallest absolute Gasteiger partial charge is 0 e. The van der Waals surface area contributed by atoms with E-state index in [1.165, 1.54) is 48.4 Å². The molecule has 3 heterocycles. The van der Waals surface area contributed by atoms with Crippen LogP contribution in [0.5, 0.6) is 0 Å². The fourth-order valence-electron chi connectivity index (χ4n) is 8.91. The van der Waals surface area contributed by atoms with Crippen molar-refractivity contribution in [2.45, 2.75) is 80.9 Å². The van der Waals surface area contributed by atoms with E-state index < -0.39 is 33.4 Å². The third-order valence-corrected chi connectivity index (χ3v) is 21.4. The van der Waals surface area contributed by atoms with Crippen molar-refractivity contribution in [1.29, 1.82) is 0 Å². The molecule has 0 saturated carbocycles. The Morgan fingerprint density at radius 3 is 1.93 bits per heavy atom. The van der Waals surface area contributed by atoms with Crippen LogP contribution in [0.3, 0.4) is 0 Å². The summed E-state index contributed by atoms with van der Waals surface area (Å²) in [5.74, 6) is 15.8. The zero-order valence-electron chi connectivity index (χ0n) is 43.7. The fourth-order valence-corrected chi connectivity index (χ4v) is 13.8. The van der Waals surface area contributed by atoms with Crippen LogP contribution in [0, 0.1) is 19.0 Å². The van der Waals surface area contributed by atoms with E-state index >= 15 is 0 Å². The number of aromatic nitrogens is 3. The van der Waals surface area contributed by atoms with Gasteiger partial charge >= 0.3 is 311 Å². The molecule has 10 rings (SSSR count). The quantitative estimate of drug-likeness (QED) is 0.107. The Balaban J connectivity index is 0.000000271. The molecule has 4 nitrogen and oxygen atoms in total. The zero-order valence-corrected chi connectivity index (χ0v) is 47.3. The minimum atomic E-state index is -2.08. The maximum atomic E-state index is 7.37.